The molecule has 1 saturated heterocycles. The molecule has 0 amide bonds. The molecule has 1 nitrogen and oxygen atoms in total. The van der Waals surface area contributed by atoms with Gasteiger partial charge in [0.05, 0.1) is 0 Å². The van der Waals surface area contributed by atoms with Crippen molar-refractivity contribution in [3.8, 4) is 0 Å². The first-order valence-electron chi connectivity index (χ1n) is 7.38. The van der Waals surface area contributed by atoms with Crippen molar-refractivity contribution in [2.45, 2.75) is 58.9 Å². The number of thioether (sulfide) groups is 1. The summed E-state index contributed by atoms with van der Waals surface area (Å²) in [5.74, 6) is 4.59. The Morgan fingerprint density at radius 1 is 1.18 bits per heavy atom. The average molecular weight is 255 g/mol. The van der Waals surface area contributed by atoms with Crippen LogP contribution in [0.1, 0.15) is 52.9 Å². The van der Waals surface area contributed by atoms with Gasteiger partial charge >= 0.3 is 0 Å². The smallest absolute Gasteiger partial charge is 0.00932 e. The number of hydrogen-bond acceptors (Lipinski definition) is 2. The van der Waals surface area contributed by atoms with Crippen LogP contribution in [0.5, 0.6) is 0 Å². The van der Waals surface area contributed by atoms with Crippen LogP contribution in [0.2, 0.25) is 0 Å². The van der Waals surface area contributed by atoms with Gasteiger partial charge in [0.15, 0.2) is 0 Å². The van der Waals surface area contributed by atoms with Gasteiger partial charge in [0.1, 0.15) is 0 Å². The van der Waals surface area contributed by atoms with Crippen LogP contribution in [0.15, 0.2) is 0 Å². The SMILES string of the molecule is CC1CC(C)(C)CCC1NCC1CCSCC1. The molecular formula is C15H29NS. The Morgan fingerprint density at radius 2 is 1.88 bits per heavy atom. The highest BCUT2D eigenvalue weighted by Gasteiger charge is 2.32. The van der Waals surface area contributed by atoms with Gasteiger partial charge in [0, 0.05) is 6.04 Å². The molecule has 1 N–H and O–H groups in total. The monoisotopic (exact) mass is 255 g/mol. The van der Waals surface area contributed by atoms with Crippen molar-refractivity contribution in [3.05, 3.63) is 0 Å². The first-order chi connectivity index (χ1) is 8.07. The fourth-order valence-corrected chi connectivity index (χ4v) is 4.72. The highest BCUT2D eigenvalue weighted by molar-refractivity contribution is 7.99. The van der Waals surface area contributed by atoms with Crippen molar-refractivity contribution in [2.24, 2.45) is 17.3 Å². The van der Waals surface area contributed by atoms with Crippen molar-refractivity contribution >= 4 is 11.8 Å². The van der Waals surface area contributed by atoms with E-state index < -0.39 is 0 Å². The molecule has 2 atom stereocenters. The molecule has 1 saturated carbocycles. The van der Waals surface area contributed by atoms with Crippen LogP contribution in [-0.2, 0) is 0 Å². The molecule has 0 radical (unpaired) electrons. The van der Waals surface area contributed by atoms with Crippen LogP contribution in [0, 0.1) is 17.3 Å². The fourth-order valence-electron chi connectivity index (χ4n) is 3.52. The molecule has 0 spiro atoms. The van der Waals surface area contributed by atoms with E-state index in [9.17, 15) is 0 Å². The molecule has 2 fully saturated rings. The molecule has 2 unspecified atom stereocenters. The van der Waals surface area contributed by atoms with Crippen LogP contribution in [0.4, 0.5) is 0 Å². The third-order valence-corrected chi connectivity index (χ3v) is 5.75. The van der Waals surface area contributed by atoms with Gasteiger partial charge < -0.3 is 5.32 Å². The lowest BCUT2D eigenvalue weighted by Crippen LogP contribution is -2.43. The third-order valence-electron chi connectivity index (χ3n) is 4.70. The lowest BCUT2D eigenvalue weighted by atomic mass is 9.70. The third kappa shape index (κ3) is 4.17. The topological polar surface area (TPSA) is 12.0 Å². The minimum absolute atomic E-state index is 0.582. The van der Waals surface area contributed by atoms with E-state index in [2.05, 4.69) is 37.8 Å². The van der Waals surface area contributed by atoms with E-state index in [-0.39, 0.29) is 0 Å². The van der Waals surface area contributed by atoms with Gasteiger partial charge in [-0.15, -0.1) is 0 Å². The molecule has 17 heavy (non-hydrogen) atoms. The number of rotatable bonds is 3. The second-order valence-corrected chi connectivity index (χ2v) is 8.18. The Morgan fingerprint density at radius 3 is 2.53 bits per heavy atom. The normalized spacial score (nSPS) is 34.8. The molecule has 1 aliphatic carbocycles. The van der Waals surface area contributed by atoms with Crippen LogP contribution in [0.3, 0.4) is 0 Å². The van der Waals surface area contributed by atoms with Gasteiger partial charge in [-0.1, -0.05) is 20.8 Å². The number of hydrogen-bond donors (Lipinski definition) is 1. The van der Waals surface area contributed by atoms with E-state index in [0.717, 1.165) is 17.9 Å². The van der Waals surface area contributed by atoms with E-state index in [0.29, 0.717) is 5.41 Å². The van der Waals surface area contributed by atoms with Crippen molar-refractivity contribution < 1.29 is 0 Å². The first-order valence-corrected chi connectivity index (χ1v) is 8.53. The summed E-state index contributed by atoms with van der Waals surface area (Å²) in [5, 5.41) is 3.87. The van der Waals surface area contributed by atoms with Gasteiger partial charge in [-0.3, -0.25) is 0 Å². The molecule has 0 aromatic heterocycles. The Labute approximate surface area is 112 Å². The molecule has 2 rings (SSSR count). The highest BCUT2D eigenvalue weighted by atomic mass is 32.2. The van der Waals surface area contributed by atoms with Gasteiger partial charge in [-0.25, -0.2) is 0 Å². The summed E-state index contributed by atoms with van der Waals surface area (Å²) in [6.07, 6.45) is 7.05. The van der Waals surface area contributed by atoms with Crippen molar-refractivity contribution in [1.29, 1.82) is 0 Å². The fraction of sp³-hybridized carbons (Fsp3) is 1.00. The summed E-state index contributed by atoms with van der Waals surface area (Å²) >= 11 is 2.13. The Balaban J connectivity index is 1.72. The standard InChI is InChI=1S/C15H29NS/c1-12-10-15(2,3)7-4-14(12)16-11-13-5-8-17-9-6-13/h12-14,16H,4-11H2,1-3H3. The van der Waals surface area contributed by atoms with Gasteiger partial charge in [-0.2, -0.15) is 11.8 Å². The molecule has 2 heteroatoms. The van der Waals surface area contributed by atoms with Gasteiger partial charge in [0.25, 0.3) is 0 Å². The summed E-state index contributed by atoms with van der Waals surface area (Å²) in [6, 6.07) is 0.789. The van der Waals surface area contributed by atoms with Crippen molar-refractivity contribution in [3.63, 3.8) is 0 Å². The van der Waals surface area contributed by atoms with E-state index in [4.69, 9.17) is 0 Å². The predicted octanol–water partition coefficient (Wildman–Crippen LogP) is 3.93. The predicted molar refractivity (Wildman–Crippen MR) is 78.6 cm³/mol. The molecule has 0 aromatic rings. The van der Waals surface area contributed by atoms with E-state index in [1.807, 2.05) is 0 Å². The molecule has 0 aromatic carbocycles. The minimum atomic E-state index is 0.582. The second kappa shape index (κ2) is 5.97. The molecule has 1 aliphatic heterocycles. The maximum atomic E-state index is 3.87. The molecule has 100 valence electrons. The zero-order chi connectivity index (χ0) is 12.3. The quantitative estimate of drug-likeness (QED) is 0.820. The second-order valence-electron chi connectivity index (χ2n) is 6.95. The number of nitrogens with one attached hydrogen (secondary N) is 1. The Hall–Kier alpha value is 0.310. The average Bonchev–Trinajstić information content (AvgIpc) is 2.28. The van der Waals surface area contributed by atoms with Gasteiger partial charge in [-0.05, 0) is 67.4 Å². The largest absolute Gasteiger partial charge is 0.313 e. The molecule has 1 heterocycles. The highest BCUT2D eigenvalue weighted by Crippen LogP contribution is 2.38. The maximum Gasteiger partial charge on any atom is 0.00932 e. The van der Waals surface area contributed by atoms with Crippen LogP contribution in [0.25, 0.3) is 0 Å². The summed E-state index contributed by atoms with van der Waals surface area (Å²) in [5.41, 5.74) is 0.582. The Bertz CT molecular complexity index is 233. The van der Waals surface area contributed by atoms with Crippen molar-refractivity contribution in [2.75, 3.05) is 18.1 Å². The minimum Gasteiger partial charge on any atom is -0.313 e. The zero-order valence-corrected chi connectivity index (χ0v) is 12.6. The summed E-state index contributed by atoms with van der Waals surface area (Å²) < 4.78 is 0. The maximum absolute atomic E-state index is 3.87. The lowest BCUT2D eigenvalue weighted by molar-refractivity contribution is 0.145. The van der Waals surface area contributed by atoms with Crippen LogP contribution < -0.4 is 5.32 Å². The van der Waals surface area contributed by atoms with E-state index in [1.165, 1.54) is 50.2 Å². The van der Waals surface area contributed by atoms with Crippen LogP contribution in [-0.4, -0.2) is 24.1 Å². The summed E-state index contributed by atoms with van der Waals surface area (Å²) in [4.78, 5) is 0. The van der Waals surface area contributed by atoms with E-state index >= 15 is 0 Å². The summed E-state index contributed by atoms with van der Waals surface area (Å²) in [7, 11) is 0. The molecular weight excluding hydrogens is 226 g/mol. The Kier molecular flexibility index (Phi) is 4.82. The van der Waals surface area contributed by atoms with Crippen molar-refractivity contribution in [1.82, 2.24) is 5.32 Å². The van der Waals surface area contributed by atoms with E-state index in [1.54, 1.807) is 0 Å². The molecule has 2 aliphatic rings. The molecule has 0 bridgehead atoms. The summed E-state index contributed by atoms with van der Waals surface area (Å²) in [6.45, 7) is 8.57. The van der Waals surface area contributed by atoms with Gasteiger partial charge in [0.2, 0.25) is 0 Å². The lowest BCUT2D eigenvalue weighted by Gasteiger charge is -2.40. The first kappa shape index (κ1) is 13.7. The zero-order valence-electron chi connectivity index (χ0n) is 11.8. The van der Waals surface area contributed by atoms with Crippen LogP contribution >= 0.6 is 11.8 Å².